The molecule has 2 aromatic heterocycles. The molecule has 20 heavy (non-hydrogen) atoms. The van der Waals surface area contributed by atoms with Crippen LogP contribution in [0.4, 0.5) is 20.4 Å². The van der Waals surface area contributed by atoms with Crippen molar-refractivity contribution < 1.29 is 8.78 Å². The van der Waals surface area contributed by atoms with Crippen LogP contribution in [0.5, 0.6) is 0 Å². The van der Waals surface area contributed by atoms with Crippen LogP contribution in [0.3, 0.4) is 0 Å². The van der Waals surface area contributed by atoms with Crippen molar-refractivity contribution in [3.05, 3.63) is 47.8 Å². The fourth-order valence-corrected chi connectivity index (χ4v) is 1.83. The number of hydrogen-bond acceptors (Lipinski definition) is 4. The van der Waals surface area contributed by atoms with Gasteiger partial charge in [-0.1, -0.05) is 6.07 Å². The number of rotatable bonds is 5. The van der Waals surface area contributed by atoms with Gasteiger partial charge in [-0.05, 0) is 12.1 Å². The van der Waals surface area contributed by atoms with Crippen LogP contribution in [0, 0.1) is 11.6 Å². The summed E-state index contributed by atoms with van der Waals surface area (Å²) in [4.78, 5) is 9.79. The van der Waals surface area contributed by atoms with E-state index in [-0.39, 0.29) is 11.6 Å². The van der Waals surface area contributed by atoms with E-state index >= 15 is 0 Å². The van der Waals surface area contributed by atoms with Gasteiger partial charge in [-0.3, -0.25) is 4.98 Å². The Morgan fingerprint density at radius 1 is 1.25 bits per heavy atom. The molecule has 0 aliphatic heterocycles. The summed E-state index contributed by atoms with van der Waals surface area (Å²) in [6.45, 7) is 0.537. The topological polar surface area (TPSA) is 41.1 Å². The van der Waals surface area contributed by atoms with Crippen molar-refractivity contribution in [3.8, 4) is 0 Å². The van der Waals surface area contributed by atoms with E-state index in [0.717, 1.165) is 11.8 Å². The monoisotopic (exact) mass is 278 g/mol. The molecule has 0 spiro atoms. The standard InChI is InChI=1S/C14H16F2N4/c1-17-13-11(15)9-12(16)14(19-13)20(2)8-6-10-5-3-4-7-18-10/h3-5,7,9H,6,8H2,1-2H3,(H,17,19). The summed E-state index contributed by atoms with van der Waals surface area (Å²) in [5.41, 5.74) is 0.913. The van der Waals surface area contributed by atoms with Crippen LogP contribution < -0.4 is 10.2 Å². The zero-order valence-corrected chi connectivity index (χ0v) is 11.4. The molecule has 0 saturated heterocycles. The lowest BCUT2D eigenvalue weighted by atomic mass is 10.2. The van der Waals surface area contributed by atoms with Gasteiger partial charge in [-0.2, -0.15) is 0 Å². The SMILES string of the molecule is CNc1nc(N(C)CCc2ccccn2)c(F)cc1F. The summed E-state index contributed by atoms with van der Waals surface area (Å²) >= 11 is 0. The minimum Gasteiger partial charge on any atom is -0.371 e. The number of nitrogens with zero attached hydrogens (tertiary/aromatic N) is 3. The minimum absolute atomic E-state index is 0.0334. The van der Waals surface area contributed by atoms with Crippen molar-refractivity contribution in [3.63, 3.8) is 0 Å². The lowest BCUT2D eigenvalue weighted by molar-refractivity contribution is 0.573. The largest absolute Gasteiger partial charge is 0.371 e. The number of nitrogens with one attached hydrogen (secondary N) is 1. The van der Waals surface area contributed by atoms with E-state index in [1.54, 1.807) is 25.2 Å². The fraction of sp³-hybridized carbons (Fsp3) is 0.286. The highest BCUT2D eigenvalue weighted by Crippen LogP contribution is 2.21. The first-order chi connectivity index (χ1) is 9.61. The molecule has 0 amide bonds. The van der Waals surface area contributed by atoms with E-state index in [0.29, 0.717) is 13.0 Å². The summed E-state index contributed by atoms with van der Waals surface area (Å²) in [5.74, 6) is -1.23. The van der Waals surface area contributed by atoms with Gasteiger partial charge in [0.15, 0.2) is 23.3 Å². The Kier molecular flexibility index (Phi) is 4.45. The number of likely N-dealkylation sites (N-methyl/N-ethyl adjacent to an activating group) is 1. The van der Waals surface area contributed by atoms with E-state index < -0.39 is 11.6 Å². The maximum atomic E-state index is 13.8. The van der Waals surface area contributed by atoms with Gasteiger partial charge in [0.1, 0.15) is 0 Å². The van der Waals surface area contributed by atoms with E-state index in [4.69, 9.17) is 0 Å². The molecular formula is C14H16F2N4. The van der Waals surface area contributed by atoms with E-state index in [1.165, 1.54) is 0 Å². The highest BCUT2D eigenvalue weighted by molar-refractivity contribution is 5.48. The molecule has 0 aliphatic rings. The summed E-state index contributed by atoms with van der Waals surface area (Å²) in [7, 11) is 3.26. The number of hydrogen-bond donors (Lipinski definition) is 1. The molecule has 0 saturated carbocycles. The van der Waals surface area contributed by atoms with Crippen molar-refractivity contribution in [2.45, 2.75) is 6.42 Å². The van der Waals surface area contributed by atoms with Gasteiger partial charge in [-0.25, -0.2) is 13.8 Å². The summed E-state index contributed by atoms with van der Waals surface area (Å²) < 4.78 is 27.1. The Balaban J connectivity index is 2.11. The molecule has 2 aromatic rings. The number of pyridine rings is 2. The van der Waals surface area contributed by atoms with E-state index in [1.807, 2.05) is 18.2 Å². The van der Waals surface area contributed by atoms with Gasteiger partial charge < -0.3 is 10.2 Å². The normalized spacial score (nSPS) is 10.4. The van der Waals surface area contributed by atoms with Crippen molar-refractivity contribution in [1.82, 2.24) is 9.97 Å². The van der Waals surface area contributed by atoms with Gasteiger partial charge >= 0.3 is 0 Å². The second-order valence-electron chi connectivity index (χ2n) is 4.37. The van der Waals surface area contributed by atoms with Crippen LogP contribution in [0.2, 0.25) is 0 Å². The predicted octanol–water partition coefficient (Wildman–Crippen LogP) is 2.48. The van der Waals surface area contributed by atoms with Crippen LogP contribution in [0.25, 0.3) is 0 Å². The quantitative estimate of drug-likeness (QED) is 0.912. The fourth-order valence-electron chi connectivity index (χ4n) is 1.83. The van der Waals surface area contributed by atoms with E-state index in [9.17, 15) is 8.78 Å². The molecule has 4 nitrogen and oxygen atoms in total. The summed E-state index contributed by atoms with van der Waals surface area (Å²) in [5, 5.41) is 2.60. The average molecular weight is 278 g/mol. The molecule has 0 aromatic carbocycles. The molecule has 6 heteroatoms. The van der Waals surface area contributed by atoms with Crippen molar-refractivity contribution in [2.75, 3.05) is 30.9 Å². The van der Waals surface area contributed by atoms with Crippen LogP contribution in [-0.2, 0) is 6.42 Å². The smallest absolute Gasteiger partial charge is 0.168 e. The van der Waals surface area contributed by atoms with E-state index in [2.05, 4.69) is 15.3 Å². The molecule has 0 radical (unpaired) electrons. The Bertz CT molecular complexity index is 575. The Hall–Kier alpha value is -2.24. The molecule has 1 N–H and O–H groups in total. The van der Waals surface area contributed by atoms with Gasteiger partial charge in [-0.15, -0.1) is 0 Å². The Morgan fingerprint density at radius 2 is 2.05 bits per heavy atom. The molecule has 2 heterocycles. The maximum Gasteiger partial charge on any atom is 0.168 e. The first-order valence-corrected chi connectivity index (χ1v) is 6.26. The van der Waals surface area contributed by atoms with Gasteiger partial charge in [0, 0.05) is 45.0 Å². The summed E-state index contributed by atoms with van der Waals surface area (Å²) in [6.07, 6.45) is 2.37. The third kappa shape index (κ3) is 3.20. The minimum atomic E-state index is -0.702. The molecular weight excluding hydrogens is 262 g/mol. The number of halogens is 2. The van der Waals surface area contributed by atoms with Gasteiger partial charge in [0.25, 0.3) is 0 Å². The van der Waals surface area contributed by atoms with Crippen LogP contribution in [0.1, 0.15) is 5.69 Å². The number of aromatic nitrogens is 2. The average Bonchev–Trinajstić information content (AvgIpc) is 2.46. The van der Waals surface area contributed by atoms with Crippen molar-refractivity contribution in [1.29, 1.82) is 0 Å². The first kappa shape index (κ1) is 14.2. The third-order valence-electron chi connectivity index (χ3n) is 2.94. The Morgan fingerprint density at radius 3 is 2.70 bits per heavy atom. The van der Waals surface area contributed by atoms with Crippen molar-refractivity contribution in [2.24, 2.45) is 0 Å². The Labute approximate surface area is 116 Å². The molecule has 2 rings (SSSR count). The van der Waals surface area contributed by atoms with Gasteiger partial charge in [0.05, 0.1) is 0 Å². The third-order valence-corrected chi connectivity index (χ3v) is 2.94. The van der Waals surface area contributed by atoms with Crippen LogP contribution in [-0.4, -0.2) is 30.6 Å². The zero-order valence-electron chi connectivity index (χ0n) is 11.4. The van der Waals surface area contributed by atoms with Crippen LogP contribution in [0.15, 0.2) is 30.5 Å². The molecule has 0 aliphatic carbocycles. The summed E-state index contributed by atoms with van der Waals surface area (Å²) in [6, 6.07) is 6.48. The second-order valence-corrected chi connectivity index (χ2v) is 4.37. The predicted molar refractivity (Wildman–Crippen MR) is 74.9 cm³/mol. The molecule has 0 atom stereocenters. The zero-order chi connectivity index (χ0) is 14.5. The lowest BCUT2D eigenvalue weighted by Gasteiger charge is -2.19. The van der Waals surface area contributed by atoms with Crippen LogP contribution >= 0.6 is 0 Å². The first-order valence-electron chi connectivity index (χ1n) is 6.26. The highest BCUT2D eigenvalue weighted by atomic mass is 19.1. The second kappa shape index (κ2) is 6.27. The number of anilines is 2. The molecule has 0 fully saturated rings. The molecule has 106 valence electrons. The molecule has 0 bridgehead atoms. The molecule has 0 unspecified atom stereocenters. The lowest BCUT2D eigenvalue weighted by Crippen LogP contribution is -2.23. The maximum absolute atomic E-state index is 13.8. The van der Waals surface area contributed by atoms with Gasteiger partial charge in [0.2, 0.25) is 0 Å². The highest BCUT2D eigenvalue weighted by Gasteiger charge is 2.14. The van der Waals surface area contributed by atoms with Crippen molar-refractivity contribution >= 4 is 11.6 Å².